The number of methoxy groups -OCH3 is 1. The molecule has 0 saturated carbocycles. The fourth-order valence-corrected chi connectivity index (χ4v) is 4.13. The second-order valence-corrected chi connectivity index (χ2v) is 8.14. The van der Waals surface area contributed by atoms with Gasteiger partial charge >= 0.3 is 5.97 Å². The molecule has 0 fully saturated rings. The third-order valence-electron chi connectivity index (χ3n) is 4.27. The maximum atomic E-state index is 13.0. The number of benzene rings is 2. The van der Waals surface area contributed by atoms with Crippen LogP contribution in [0.5, 0.6) is 5.75 Å². The Morgan fingerprint density at radius 2 is 1.82 bits per heavy atom. The molecular formula is C20H23NO6S. The van der Waals surface area contributed by atoms with Gasteiger partial charge < -0.3 is 15.2 Å². The molecule has 2 aromatic rings. The molecule has 0 aliphatic heterocycles. The van der Waals surface area contributed by atoms with Crippen LogP contribution in [0, 0.1) is 0 Å². The molecule has 0 bridgehead atoms. The van der Waals surface area contributed by atoms with Crippen molar-refractivity contribution in [2.45, 2.75) is 36.0 Å². The molecule has 2 aromatic carbocycles. The maximum absolute atomic E-state index is 13.0. The van der Waals surface area contributed by atoms with Crippen LogP contribution in [-0.4, -0.2) is 39.6 Å². The highest BCUT2D eigenvalue weighted by Crippen LogP contribution is 2.31. The van der Waals surface area contributed by atoms with E-state index in [1.165, 1.54) is 25.3 Å². The minimum atomic E-state index is -3.89. The normalized spacial score (nSPS) is 11.1. The Labute approximate surface area is 164 Å². The van der Waals surface area contributed by atoms with Crippen molar-refractivity contribution in [2.24, 2.45) is 0 Å². The number of rotatable bonds is 9. The molecule has 0 spiro atoms. The summed E-state index contributed by atoms with van der Waals surface area (Å²) in [6, 6.07) is 8.84. The number of phenols is 1. The number of hydrogen-bond donors (Lipinski definition) is 2. The number of amides is 1. The molecule has 7 nitrogen and oxygen atoms in total. The molecule has 0 radical (unpaired) electrons. The van der Waals surface area contributed by atoms with E-state index in [4.69, 9.17) is 0 Å². The Hall–Kier alpha value is -2.87. The number of carbonyl (C=O) groups excluding carboxylic acids is 2. The van der Waals surface area contributed by atoms with Gasteiger partial charge in [0, 0.05) is 6.54 Å². The Balaban J connectivity index is 2.45. The Morgan fingerprint density at radius 3 is 2.39 bits per heavy atom. The van der Waals surface area contributed by atoms with Gasteiger partial charge in [-0.1, -0.05) is 25.5 Å². The molecule has 0 heterocycles. The van der Waals surface area contributed by atoms with Crippen molar-refractivity contribution in [1.29, 1.82) is 0 Å². The third-order valence-corrected chi connectivity index (χ3v) is 6.02. The van der Waals surface area contributed by atoms with Gasteiger partial charge in [-0.3, -0.25) is 4.79 Å². The fraction of sp³-hybridized carbons (Fsp3) is 0.300. The molecular weight excluding hydrogens is 382 g/mol. The molecule has 0 aliphatic carbocycles. The van der Waals surface area contributed by atoms with Crippen LogP contribution >= 0.6 is 0 Å². The van der Waals surface area contributed by atoms with Crippen molar-refractivity contribution in [1.82, 2.24) is 5.32 Å². The van der Waals surface area contributed by atoms with Crippen LogP contribution in [0.15, 0.2) is 46.2 Å². The summed E-state index contributed by atoms with van der Waals surface area (Å²) < 4.78 is 30.7. The Morgan fingerprint density at radius 1 is 1.14 bits per heavy atom. The van der Waals surface area contributed by atoms with E-state index in [1.54, 1.807) is 12.1 Å². The van der Waals surface area contributed by atoms with Crippen LogP contribution in [-0.2, 0) is 32.2 Å². The smallest absolute Gasteiger partial charge is 0.341 e. The third kappa shape index (κ3) is 4.69. The number of aryl methyl sites for hydroxylation is 1. The van der Waals surface area contributed by atoms with Crippen LogP contribution < -0.4 is 5.32 Å². The Bertz CT molecular complexity index is 951. The van der Waals surface area contributed by atoms with Gasteiger partial charge in [0.05, 0.1) is 16.9 Å². The fourth-order valence-electron chi connectivity index (χ4n) is 2.79. The van der Waals surface area contributed by atoms with Gasteiger partial charge in [0.15, 0.2) is 0 Å². The van der Waals surface area contributed by atoms with Gasteiger partial charge in [-0.15, -0.1) is 0 Å². The van der Waals surface area contributed by atoms with Crippen molar-refractivity contribution in [3.8, 4) is 5.75 Å². The van der Waals surface area contributed by atoms with Crippen LogP contribution in [0.4, 0.5) is 0 Å². The van der Waals surface area contributed by atoms with E-state index in [0.717, 1.165) is 11.6 Å². The second-order valence-electron chi connectivity index (χ2n) is 6.19. The number of carbonyl (C=O) groups is 2. The molecule has 0 aliphatic rings. The molecule has 0 saturated heterocycles. The number of hydrogen-bond acceptors (Lipinski definition) is 6. The summed E-state index contributed by atoms with van der Waals surface area (Å²) in [6.45, 7) is 2.34. The zero-order valence-corrected chi connectivity index (χ0v) is 16.6. The number of esters is 1. The maximum Gasteiger partial charge on any atom is 0.341 e. The minimum absolute atomic E-state index is 0.0727. The summed E-state index contributed by atoms with van der Waals surface area (Å²) >= 11 is 0. The first kappa shape index (κ1) is 21.4. The summed E-state index contributed by atoms with van der Waals surface area (Å²) in [4.78, 5) is 22.3. The highest BCUT2D eigenvalue weighted by molar-refractivity contribution is 7.91. The zero-order valence-electron chi connectivity index (χ0n) is 15.8. The Kier molecular flexibility index (Phi) is 7.17. The first-order chi connectivity index (χ1) is 13.3. The van der Waals surface area contributed by atoms with Crippen LogP contribution in [0.25, 0.3) is 0 Å². The van der Waals surface area contributed by atoms with E-state index in [9.17, 15) is 23.1 Å². The van der Waals surface area contributed by atoms with Gasteiger partial charge in [-0.2, -0.15) is 0 Å². The number of phenolic OH excluding ortho intramolecular Hbond substituents is 1. The number of sulfone groups is 1. The van der Waals surface area contributed by atoms with Gasteiger partial charge in [0.25, 0.3) is 0 Å². The zero-order chi connectivity index (χ0) is 20.7. The number of nitrogens with one attached hydrogen (secondary N) is 1. The number of ether oxygens (including phenoxy) is 1. The molecule has 1 amide bonds. The standard InChI is InChI=1S/C20H23NO6S/c1-3-4-15-11-17(12-18(19(15)23)20(24)27-2)28(25,26)16-7-5-14(6-8-16)9-10-21-13-22/h5-8,11-13,23H,3-4,9-10H2,1-2H3,(H,21,22). The first-order valence-electron chi connectivity index (χ1n) is 8.80. The molecule has 0 aromatic heterocycles. The summed E-state index contributed by atoms with van der Waals surface area (Å²) in [6.07, 6.45) is 2.27. The monoisotopic (exact) mass is 405 g/mol. The SMILES string of the molecule is CCCc1cc(S(=O)(=O)c2ccc(CCNC=O)cc2)cc(C(=O)OC)c1O. The van der Waals surface area contributed by atoms with Gasteiger partial charge in [0.1, 0.15) is 11.3 Å². The van der Waals surface area contributed by atoms with E-state index in [1.807, 2.05) is 6.92 Å². The lowest BCUT2D eigenvalue weighted by Gasteiger charge is -2.12. The summed E-state index contributed by atoms with van der Waals surface area (Å²) in [5.74, 6) is -1.06. The minimum Gasteiger partial charge on any atom is -0.507 e. The molecule has 0 atom stereocenters. The van der Waals surface area contributed by atoms with Crippen LogP contribution in [0.3, 0.4) is 0 Å². The van der Waals surface area contributed by atoms with Gasteiger partial charge in [-0.05, 0) is 48.2 Å². The predicted octanol–water partition coefficient (Wildman–Crippen LogP) is 2.25. The summed E-state index contributed by atoms with van der Waals surface area (Å²) in [7, 11) is -2.73. The molecule has 150 valence electrons. The summed E-state index contributed by atoms with van der Waals surface area (Å²) in [5.41, 5.74) is 1.07. The van der Waals surface area contributed by atoms with Crippen LogP contribution in [0.2, 0.25) is 0 Å². The largest absolute Gasteiger partial charge is 0.507 e. The topological polar surface area (TPSA) is 110 Å². The molecule has 2 rings (SSSR count). The average molecular weight is 405 g/mol. The van der Waals surface area contributed by atoms with Crippen molar-refractivity contribution in [2.75, 3.05) is 13.7 Å². The molecule has 2 N–H and O–H groups in total. The quantitative estimate of drug-likeness (QED) is 0.376. The lowest BCUT2D eigenvalue weighted by molar-refractivity contribution is -0.109. The van der Waals surface area contributed by atoms with E-state index < -0.39 is 15.8 Å². The van der Waals surface area contributed by atoms with Crippen LogP contribution in [0.1, 0.15) is 34.8 Å². The highest BCUT2D eigenvalue weighted by Gasteiger charge is 2.24. The lowest BCUT2D eigenvalue weighted by atomic mass is 10.0. The molecule has 8 heteroatoms. The molecule has 28 heavy (non-hydrogen) atoms. The number of aromatic hydroxyl groups is 1. The van der Waals surface area contributed by atoms with E-state index >= 15 is 0 Å². The molecule has 0 unspecified atom stereocenters. The highest BCUT2D eigenvalue weighted by atomic mass is 32.2. The van der Waals surface area contributed by atoms with E-state index in [-0.39, 0.29) is 21.1 Å². The van der Waals surface area contributed by atoms with Crippen molar-refractivity contribution in [3.63, 3.8) is 0 Å². The van der Waals surface area contributed by atoms with E-state index in [2.05, 4.69) is 10.1 Å². The van der Waals surface area contributed by atoms with Gasteiger partial charge in [-0.25, -0.2) is 13.2 Å². The van der Waals surface area contributed by atoms with Crippen molar-refractivity contribution < 1.29 is 27.9 Å². The lowest BCUT2D eigenvalue weighted by Crippen LogP contribution is -2.14. The van der Waals surface area contributed by atoms with Crippen molar-refractivity contribution in [3.05, 3.63) is 53.1 Å². The predicted molar refractivity (Wildman–Crippen MR) is 103 cm³/mol. The van der Waals surface area contributed by atoms with E-state index in [0.29, 0.717) is 37.8 Å². The first-order valence-corrected chi connectivity index (χ1v) is 10.3. The second kappa shape index (κ2) is 9.36. The van der Waals surface area contributed by atoms with Crippen molar-refractivity contribution >= 4 is 22.2 Å². The average Bonchev–Trinajstić information content (AvgIpc) is 2.69. The summed E-state index contributed by atoms with van der Waals surface area (Å²) in [5, 5.41) is 12.8. The van der Waals surface area contributed by atoms with Gasteiger partial charge in [0.2, 0.25) is 16.2 Å².